The van der Waals surface area contributed by atoms with Gasteiger partial charge in [-0.2, -0.15) is 5.10 Å². The lowest BCUT2D eigenvalue weighted by Gasteiger charge is -2.17. The van der Waals surface area contributed by atoms with Crippen LogP contribution < -0.4 is 4.90 Å². The zero-order valence-electron chi connectivity index (χ0n) is 11.6. The molecule has 0 bridgehead atoms. The van der Waals surface area contributed by atoms with Gasteiger partial charge in [0.25, 0.3) is 0 Å². The molecule has 1 aliphatic rings. The molecule has 1 N–H and O–H groups in total. The minimum Gasteiger partial charge on any atom is -0.481 e. The van der Waals surface area contributed by atoms with Gasteiger partial charge in [0.15, 0.2) is 0 Å². The number of carboxylic acids is 1. The van der Waals surface area contributed by atoms with Crippen LogP contribution in [-0.4, -0.2) is 33.3 Å². The summed E-state index contributed by atoms with van der Waals surface area (Å²) >= 11 is 3.39. The van der Waals surface area contributed by atoms with Crippen LogP contribution in [0.1, 0.15) is 12.0 Å². The second-order valence-corrected chi connectivity index (χ2v) is 6.13. The molecule has 2 aromatic rings. The van der Waals surface area contributed by atoms with Crippen molar-refractivity contribution in [3.8, 4) is 0 Å². The van der Waals surface area contributed by atoms with E-state index in [-0.39, 0.29) is 18.9 Å². The zero-order valence-corrected chi connectivity index (χ0v) is 13.2. The first-order valence-electron chi connectivity index (χ1n) is 6.84. The molecule has 0 saturated carbocycles. The van der Waals surface area contributed by atoms with Crippen LogP contribution in [0, 0.1) is 5.92 Å². The molecule has 22 heavy (non-hydrogen) atoms. The van der Waals surface area contributed by atoms with E-state index < -0.39 is 11.9 Å². The molecule has 3 rings (SSSR count). The number of amides is 1. The number of rotatable bonds is 4. The highest BCUT2D eigenvalue weighted by molar-refractivity contribution is 9.10. The van der Waals surface area contributed by atoms with Gasteiger partial charge in [0.1, 0.15) is 5.82 Å². The van der Waals surface area contributed by atoms with E-state index in [9.17, 15) is 9.59 Å². The van der Waals surface area contributed by atoms with Crippen molar-refractivity contribution in [2.24, 2.45) is 5.92 Å². The highest BCUT2D eigenvalue weighted by Gasteiger charge is 2.36. The van der Waals surface area contributed by atoms with Crippen molar-refractivity contribution in [1.29, 1.82) is 0 Å². The Kier molecular flexibility index (Phi) is 3.98. The monoisotopic (exact) mass is 363 g/mol. The summed E-state index contributed by atoms with van der Waals surface area (Å²) in [6.07, 6.45) is 1.66. The molecule has 1 fully saturated rings. The number of carbonyl (C=O) groups excluding carboxylic acids is 1. The predicted molar refractivity (Wildman–Crippen MR) is 83.6 cm³/mol. The predicted octanol–water partition coefficient (Wildman–Crippen LogP) is 2.13. The van der Waals surface area contributed by atoms with Crippen LogP contribution in [0.5, 0.6) is 0 Å². The molecule has 1 unspecified atom stereocenters. The van der Waals surface area contributed by atoms with E-state index in [1.807, 2.05) is 24.3 Å². The molecule has 1 saturated heterocycles. The largest absolute Gasteiger partial charge is 0.481 e. The second-order valence-electron chi connectivity index (χ2n) is 5.22. The highest BCUT2D eigenvalue weighted by Crippen LogP contribution is 2.25. The fourth-order valence-corrected chi connectivity index (χ4v) is 2.80. The first-order chi connectivity index (χ1) is 10.5. The minimum atomic E-state index is -0.935. The normalized spacial score (nSPS) is 18.0. The molecular weight excluding hydrogens is 350 g/mol. The van der Waals surface area contributed by atoms with E-state index >= 15 is 0 Å². The van der Waals surface area contributed by atoms with E-state index in [0.29, 0.717) is 12.4 Å². The summed E-state index contributed by atoms with van der Waals surface area (Å²) < 4.78 is 2.71. The van der Waals surface area contributed by atoms with E-state index in [0.717, 1.165) is 10.0 Å². The summed E-state index contributed by atoms with van der Waals surface area (Å²) in [4.78, 5) is 24.6. The van der Waals surface area contributed by atoms with Gasteiger partial charge >= 0.3 is 5.97 Å². The zero-order chi connectivity index (χ0) is 15.7. The van der Waals surface area contributed by atoms with Gasteiger partial charge in [0.2, 0.25) is 5.91 Å². The SMILES string of the molecule is O=C(O)C1CC(=O)N(c2ccnn2Cc2ccc(Br)cc2)C1. The van der Waals surface area contributed by atoms with Gasteiger partial charge in [-0.1, -0.05) is 28.1 Å². The van der Waals surface area contributed by atoms with Gasteiger partial charge in [-0.3, -0.25) is 14.5 Å². The number of carbonyl (C=O) groups is 2. The van der Waals surface area contributed by atoms with Gasteiger partial charge in [-0.25, -0.2) is 4.68 Å². The van der Waals surface area contributed by atoms with E-state index in [4.69, 9.17) is 5.11 Å². The van der Waals surface area contributed by atoms with Gasteiger partial charge < -0.3 is 5.11 Å². The van der Waals surface area contributed by atoms with Crippen molar-refractivity contribution in [2.45, 2.75) is 13.0 Å². The Balaban J connectivity index is 1.82. The van der Waals surface area contributed by atoms with Crippen LogP contribution in [0.4, 0.5) is 5.82 Å². The van der Waals surface area contributed by atoms with Crippen LogP contribution in [-0.2, 0) is 16.1 Å². The van der Waals surface area contributed by atoms with Gasteiger partial charge in [-0.05, 0) is 17.7 Å². The smallest absolute Gasteiger partial charge is 0.308 e. The molecule has 1 atom stereocenters. The molecule has 1 amide bonds. The molecule has 1 aromatic heterocycles. The standard InChI is InChI=1S/C15H14BrN3O3/c16-12-3-1-10(2-4-12)8-19-13(5-6-17-19)18-9-11(15(21)22)7-14(18)20/h1-6,11H,7-9H2,(H,21,22). The van der Waals surface area contributed by atoms with Crippen LogP contribution >= 0.6 is 15.9 Å². The Hall–Kier alpha value is -2.15. The topological polar surface area (TPSA) is 75.4 Å². The van der Waals surface area contributed by atoms with Crippen LogP contribution in [0.2, 0.25) is 0 Å². The van der Waals surface area contributed by atoms with Crippen molar-refractivity contribution in [1.82, 2.24) is 9.78 Å². The maximum absolute atomic E-state index is 12.1. The third kappa shape index (κ3) is 2.89. The summed E-state index contributed by atoms with van der Waals surface area (Å²) in [5, 5.41) is 13.3. The lowest BCUT2D eigenvalue weighted by atomic mass is 10.1. The lowest BCUT2D eigenvalue weighted by Crippen LogP contribution is -2.28. The minimum absolute atomic E-state index is 0.0405. The Morgan fingerprint density at radius 2 is 2.05 bits per heavy atom. The fraction of sp³-hybridized carbons (Fsp3) is 0.267. The molecule has 6 nitrogen and oxygen atoms in total. The molecule has 0 radical (unpaired) electrons. The first-order valence-corrected chi connectivity index (χ1v) is 7.63. The number of benzene rings is 1. The van der Waals surface area contributed by atoms with E-state index in [1.54, 1.807) is 16.9 Å². The van der Waals surface area contributed by atoms with Crippen LogP contribution in [0.15, 0.2) is 41.0 Å². The highest BCUT2D eigenvalue weighted by atomic mass is 79.9. The second kappa shape index (κ2) is 5.92. The van der Waals surface area contributed by atoms with Crippen molar-refractivity contribution >= 4 is 33.6 Å². The third-order valence-corrected chi connectivity index (χ3v) is 4.22. The average Bonchev–Trinajstić information content (AvgIpc) is 3.07. The number of carboxylic acid groups (broad SMARTS) is 1. The van der Waals surface area contributed by atoms with Crippen molar-refractivity contribution in [3.63, 3.8) is 0 Å². The number of aliphatic carboxylic acids is 1. The Morgan fingerprint density at radius 1 is 1.32 bits per heavy atom. The number of aromatic nitrogens is 2. The van der Waals surface area contributed by atoms with Crippen LogP contribution in [0.25, 0.3) is 0 Å². The number of halogens is 1. The maximum Gasteiger partial charge on any atom is 0.308 e. The first kappa shape index (κ1) is 14.8. The molecule has 0 spiro atoms. The van der Waals surface area contributed by atoms with Crippen LogP contribution in [0.3, 0.4) is 0 Å². The van der Waals surface area contributed by atoms with E-state index in [1.165, 1.54) is 4.90 Å². The molecular formula is C15H14BrN3O3. The maximum atomic E-state index is 12.1. The summed E-state index contributed by atoms with van der Waals surface area (Å²) in [7, 11) is 0. The Labute approximate surface area is 135 Å². The summed E-state index contributed by atoms with van der Waals surface area (Å²) in [6.45, 7) is 0.720. The third-order valence-electron chi connectivity index (χ3n) is 3.69. The van der Waals surface area contributed by atoms with E-state index in [2.05, 4.69) is 21.0 Å². The van der Waals surface area contributed by atoms with Crippen molar-refractivity contribution < 1.29 is 14.7 Å². The Bertz CT molecular complexity index is 711. The van der Waals surface area contributed by atoms with Gasteiger partial charge in [0.05, 0.1) is 18.7 Å². The summed E-state index contributed by atoms with van der Waals surface area (Å²) in [5.74, 6) is -1.13. The molecule has 7 heteroatoms. The molecule has 1 aliphatic heterocycles. The number of hydrogen-bond acceptors (Lipinski definition) is 3. The van der Waals surface area contributed by atoms with Gasteiger partial charge in [0, 0.05) is 23.5 Å². The average molecular weight is 364 g/mol. The molecule has 114 valence electrons. The van der Waals surface area contributed by atoms with Gasteiger partial charge in [-0.15, -0.1) is 0 Å². The molecule has 0 aliphatic carbocycles. The van der Waals surface area contributed by atoms with Crippen molar-refractivity contribution in [3.05, 3.63) is 46.6 Å². The fourth-order valence-electron chi connectivity index (χ4n) is 2.53. The molecule has 1 aromatic carbocycles. The number of hydrogen-bond donors (Lipinski definition) is 1. The Morgan fingerprint density at radius 3 is 2.68 bits per heavy atom. The quantitative estimate of drug-likeness (QED) is 0.902. The van der Waals surface area contributed by atoms with Crippen molar-refractivity contribution in [2.75, 3.05) is 11.4 Å². The number of anilines is 1. The molecule has 2 heterocycles. The summed E-state index contributed by atoms with van der Waals surface area (Å²) in [5.41, 5.74) is 1.05. The summed E-state index contributed by atoms with van der Waals surface area (Å²) in [6, 6.07) is 9.57. The number of nitrogens with zero attached hydrogens (tertiary/aromatic N) is 3. The lowest BCUT2D eigenvalue weighted by molar-refractivity contribution is -0.141.